The van der Waals surface area contributed by atoms with E-state index in [1.165, 1.54) is 21.3 Å². The highest BCUT2D eigenvalue weighted by Gasteiger charge is 2.27. The molecule has 2 rings (SSSR count). The number of carbonyl (C=O) groups is 1. The van der Waals surface area contributed by atoms with Crippen LogP contribution in [0.3, 0.4) is 0 Å². The highest BCUT2D eigenvalue weighted by molar-refractivity contribution is 6.22. The van der Waals surface area contributed by atoms with E-state index in [1.54, 1.807) is 31.2 Å². The van der Waals surface area contributed by atoms with Crippen molar-refractivity contribution in [3.63, 3.8) is 0 Å². The third kappa shape index (κ3) is 2.67. The molecule has 1 N–H and O–H groups in total. The van der Waals surface area contributed by atoms with Crippen LogP contribution < -0.4 is 9.47 Å². The van der Waals surface area contributed by atoms with E-state index in [0.717, 1.165) is 0 Å². The Morgan fingerprint density at radius 3 is 2.27 bits per heavy atom. The number of carbonyl (C=O) groups excluding carboxylic acids is 1. The second-order valence-corrected chi connectivity index (χ2v) is 4.52. The highest BCUT2D eigenvalue weighted by atomic mass is 16.5. The van der Waals surface area contributed by atoms with Crippen molar-refractivity contribution in [3.05, 3.63) is 40.8 Å². The molecule has 0 amide bonds. The number of hydrogen-bond acceptors (Lipinski definition) is 6. The molecule has 116 valence electrons. The Bertz CT molecular complexity index is 678. The van der Waals surface area contributed by atoms with Gasteiger partial charge in [0.2, 0.25) is 0 Å². The van der Waals surface area contributed by atoms with Gasteiger partial charge in [-0.05, 0) is 25.1 Å². The molecule has 0 unspecified atom stereocenters. The second-order valence-electron chi connectivity index (χ2n) is 4.52. The number of aliphatic imine (C=N–C) groups is 1. The Kier molecular flexibility index (Phi) is 4.50. The highest BCUT2D eigenvalue weighted by Crippen LogP contribution is 2.34. The number of nitrogens with zero attached hydrogens (tertiary/aromatic N) is 1. The largest absolute Gasteiger partial charge is 0.505 e. The Labute approximate surface area is 128 Å². The lowest BCUT2D eigenvalue weighted by molar-refractivity contribution is -0.135. The quantitative estimate of drug-likeness (QED) is 0.865. The SMILES string of the molecule is COC(=O)C1=C(O)/C(=C/c2c(OC)cccc2OC)N=C1C. The molecule has 6 nitrogen and oxygen atoms in total. The maximum absolute atomic E-state index is 11.7. The summed E-state index contributed by atoms with van der Waals surface area (Å²) < 4.78 is 15.2. The van der Waals surface area contributed by atoms with Crippen LogP contribution in [0.5, 0.6) is 11.5 Å². The van der Waals surface area contributed by atoms with Gasteiger partial charge in [-0.2, -0.15) is 0 Å². The van der Waals surface area contributed by atoms with Gasteiger partial charge in [0, 0.05) is 0 Å². The Morgan fingerprint density at radius 1 is 1.18 bits per heavy atom. The van der Waals surface area contributed by atoms with Crippen LogP contribution >= 0.6 is 0 Å². The Hall–Kier alpha value is -2.76. The predicted molar refractivity (Wildman–Crippen MR) is 82.3 cm³/mol. The summed E-state index contributed by atoms with van der Waals surface area (Å²) in [7, 11) is 4.33. The molecule has 1 aliphatic heterocycles. The second kappa shape index (κ2) is 6.34. The van der Waals surface area contributed by atoms with Gasteiger partial charge in [0.25, 0.3) is 0 Å². The molecule has 1 aromatic carbocycles. The van der Waals surface area contributed by atoms with Crippen LogP contribution in [0, 0.1) is 0 Å². The van der Waals surface area contributed by atoms with E-state index in [2.05, 4.69) is 9.73 Å². The Morgan fingerprint density at radius 2 is 1.77 bits per heavy atom. The molecule has 0 bridgehead atoms. The average Bonchev–Trinajstić information content (AvgIpc) is 2.81. The van der Waals surface area contributed by atoms with Crippen molar-refractivity contribution < 1.29 is 24.1 Å². The standard InChI is InChI=1S/C16H17NO5/c1-9-14(16(19)22-4)15(18)11(17-9)8-10-12(20-2)6-5-7-13(10)21-3/h5-8,18H,1-4H3/b11-8-. The normalized spacial score (nSPS) is 15.8. The van der Waals surface area contributed by atoms with Crippen molar-refractivity contribution in [2.75, 3.05) is 21.3 Å². The first-order valence-corrected chi connectivity index (χ1v) is 6.53. The zero-order valence-electron chi connectivity index (χ0n) is 12.8. The van der Waals surface area contributed by atoms with E-state index in [0.29, 0.717) is 22.8 Å². The van der Waals surface area contributed by atoms with Crippen LogP contribution in [0.2, 0.25) is 0 Å². The molecule has 0 saturated carbocycles. The van der Waals surface area contributed by atoms with E-state index in [4.69, 9.17) is 9.47 Å². The van der Waals surface area contributed by atoms with Crippen molar-refractivity contribution >= 4 is 17.8 Å². The molecular formula is C16H17NO5. The number of esters is 1. The zero-order chi connectivity index (χ0) is 16.3. The smallest absolute Gasteiger partial charge is 0.343 e. The van der Waals surface area contributed by atoms with Gasteiger partial charge >= 0.3 is 5.97 Å². The predicted octanol–water partition coefficient (Wildman–Crippen LogP) is 2.50. The molecule has 0 aromatic heterocycles. The number of ether oxygens (including phenoxy) is 3. The fourth-order valence-corrected chi connectivity index (χ4v) is 2.19. The first-order valence-electron chi connectivity index (χ1n) is 6.53. The van der Waals surface area contributed by atoms with Gasteiger partial charge in [0.15, 0.2) is 5.76 Å². The van der Waals surface area contributed by atoms with Crippen LogP contribution in [0.25, 0.3) is 6.08 Å². The summed E-state index contributed by atoms with van der Waals surface area (Å²) in [6.07, 6.45) is 1.60. The minimum Gasteiger partial charge on any atom is -0.505 e. The number of benzene rings is 1. The summed E-state index contributed by atoms with van der Waals surface area (Å²) in [6, 6.07) is 5.32. The van der Waals surface area contributed by atoms with Crippen molar-refractivity contribution in [2.24, 2.45) is 4.99 Å². The fourth-order valence-electron chi connectivity index (χ4n) is 2.19. The summed E-state index contributed by atoms with van der Waals surface area (Å²) in [5.41, 5.74) is 1.32. The fraction of sp³-hybridized carbons (Fsp3) is 0.250. The van der Waals surface area contributed by atoms with E-state index in [9.17, 15) is 9.90 Å². The first-order chi connectivity index (χ1) is 10.5. The zero-order valence-corrected chi connectivity index (χ0v) is 12.8. The molecule has 0 atom stereocenters. The van der Waals surface area contributed by atoms with Gasteiger partial charge in [0.05, 0.1) is 32.6 Å². The van der Waals surface area contributed by atoms with Crippen molar-refractivity contribution in [2.45, 2.75) is 6.92 Å². The number of rotatable bonds is 4. The topological polar surface area (TPSA) is 77.4 Å². The third-order valence-electron chi connectivity index (χ3n) is 3.27. The lowest BCUT2D eigenvalue weighted by Crippen LogP contribution is -2.11. The number of hydrogen-bond donors (Lipinski definition) is 1. The van der Waals surface area contributed by atoms with Gasteiger partial charge in [-0.15, -0.1) is 0 Å². The Balaban J connectivity index is 2.57. The molecular weight excluding hydrogens is 286 g/mol. The molecule has 0 fully saturated rings. The van der Waals surface area contributed by atoms with Gasteiger partial charge in [0.1, 0.15) is 22.8 Å². The van der Waals surface area contributed by atoms with E-state index < -0.39 is 5.97 Å². The maximum Gasteiger partial charge on any atom is 0.343 e. The molecule has 1 heterocycles. The number of methoxy groups -OCH3 is 3. The maximum atomic E-state index is 11.7. The molecule has 0 aliphatic carbocycles. The summed E-state index contributed by atoms with van der Waals surface area (Å²) in [5, 5.41) is 10.2. The van der Waals surface area contributed by atoms with Crippen LogP contribution in [0.1, 0.15) is 12.5 Å². The molecule has 1 aliphatic rings. The van der Waals surface area contributed by atoms with Gasteiger partial charge < -0.3 is 19.3 Å². The summed E-state index contributed by atoms with van der Waals surface area (Å²) in [6.45, 7) is 1.63. The molecule has 0 spiro atoms. The molecule has 22 heavy (non-hydrogen) atoms. The van der Waals surface area contributed by atoms with E-state index >= 15 is 0 Å². The van der Waals surface area contributed by atoms with E-state index in [1.807, 2.05) is 0 Å². The van der Waals surface area contributed by atoms with Crippen LogP contribution in [0.15, 0.2) is 40.2 Å². The first kappa shape index (κ1) is 15.6. The van der Waals surface area contributed by atoms with Crippen LogP contribution in [0.4, 0.5) is 0 Å². The number of aliphatic hydroxyl groups excluding tert-OH is 1. The number of aliphatic hydroxyl groups is 1. The summed E-state index contributed by atoms with van der Waals surface area (Å²) in [5.74, 6) is 0.282. The molecule has 0 radical (unpaired) electrons. The summed E-state index contributed by atoms with van der Waals surface area (Å²) >= 11 is 0. The lowest BCUT2D eigenvalue weighted by atomic mass is 10.1. The third-order valence-corrected chi connectivity index (χ3v) is 3.27. The average molecular weight is 303 g/mol. The van der Waals surface area contributed by atoms with Crippen LogP contribution in [-0.4, -0.2) is 38.1 Å². The lowest BCUT2D eigenvalue weighted by Gasteiger charge is -2.10. The van der Waals surface area contributed by atoms with Crippen molar-refractivity contribution in [3.8, 4) is 11.5 Å². The van der Waals surface area contributed by atoms with E-state index in [-0.39, 0.29) is 17.0 Å². The van der Waals surface area contributed by atoms with Crippen molar-refractivity contribution in [1.29, 1.82) is 0 Å². The minimum atomic E-state index is -0.630. The summed E-state index contributed by atoms with van der Waals surface area (Å²) in [4.78, 5) is 15.9. The molecule has 0 saturated heterocycles. The van der Waals surface area contributed by atoms with Crippen molar-refractivity contribution in [1.82, 2.24) is 0 Å². The van der Waals surface area contributed by atoms with Gasteiger partial charge in [-0.3, -0.25) is 0 Å². The minimum absolute atomic E-state index is 0.0580. The molecule has 6 heteroatoms. The van der Waals surface area contributed by atoms with Crippen LogP contribution in [-0.2, 0) is 9.53 Å². The van der Waals surface area contributed by atoms with Gasteiger partial charge in [-0.1, -0.05) is 6.07 Å². The molecule has 1 aromatic rings. The monoisotopic (exact) mass is 303 g/mol. The van der Waals surface area contributed by atoms with Gasteiger partial charge in [-0.25, -0.2) is 9.79 Å².